The van der Waals surface area contributed by atoms with E-state index in [9.17, 15) is 9.18 Å². The molecule has 0 aliphatic heterocycles. The Kier molecular flexibility index (Phi) is 4.31. The van der Waals surface area contributed by atoms with Gasteiger partial charge in [-0.05, 0) is 62.2 Å². The Morgan fingerprint density at radius 3 is 2.64 bits per heavy atom. The average Bonchev–Trinajstić information content (AvgIpc) is 3.02. The fraction of sp³-hybridized carbons (Fsp3) is 0.150. The summed E-state index contributed by atoms with van der Waals surface area (Å²) in [7, 11) is 0. The normalized spacial score (nSPS) is 11.0. The zero-order chi connectivity index (χ0) is 19.8. The number of anilines is 4. The van der Waals surface area contributed by atoms with Gasteiger partial charge in [-0.1, -0.05) is 0 Å². The minimum Gasteiger partial charge on any atom is -0.408 e. The molecule has 0 radical (unpaired) electrons. The van der Waals surface area contributed by atoms with Gasteiger partial charge in [0.25, 0.3) is 0 Å². The summed E-state index contributed by atoms with van der Waals surface area (Å²) in [5.74, 6) is 0.147. The molecular weight excluding hydrogens is 361 g/mol. The van der Waals surface area contributed by atoms with Crippen molar-refractivity contribution < 1.29 is 8.81 Å². The van der Waals surface area contributed by atoms with Crippen molar-refractivity contribution in [3.05, 3.63) is 69.6 Å². The molecule has 2 heterocycles. The van der Waals surface area contributed by atoms with Gasteiger partial charge in [0.1, 0.15) is 11.6 Å². The first kappa shape index (κ1) is 17.7. The van der Waals surface area contributed by atoms with E-state index in [1.807, 2.05) is 19.9 Å². The van der Waals surface area contributed by atoms with Crippen molar-refractivity contribution >= 4 is 34.2 Å². The van der Waals surface area contributed by atoms with Crippen LogP contribution in [0.3, 0.4) is 0 Å². The summed E-state index contributed by atoms with van der Waals surface area (Å²) in [6, 6.07) is 8.50. The van der Waals surface area contributed by atoms with Crippen LogP contribution in [0.2, 0.25) is 0 Å². The summed E-state index contributed by atoms with van der Waals surface area (Å²) in [5, 5.41) is 6.24. The lowest BCUT2D eigenvalue weighted by atomic mass is 10.1. The lowest BCUT2D eigenvalue weighted by molar-refractivity contribution is 0.555. The van der Waals surface area contributed by atoms with Crippen LogP contribution in [0.1, 0.15) is 16.7 Å². The summed E-state index contributed by atoms with van der Waals surface area (Å²) >= 11 is 0. The predicted octanol–water partition coefficient (Wildman–Crippen LogP) is 4.46. The number of fused-ring (bicyclic) bond motifs is 1. The molecule has 0 fully saturated rings. The molecular formula is C20H18FN5O2. The quantitative estimate of drug-likeness (QED) is 0.484. The fourth-order valence-corrected chi connectivity index (χ4v) is 2.81. The summed E-state index contributed by atoms with van der Waals surface area (Å²) in [5.41, 5.74) is 4.67. The van der Waals surface area contributed by atoms with Crippen LogP contribution < -0.4 is 16.4 Å². The number of rotatable bonds is 4. The molecule has 0 spiro atoms. The van der Waals surface area contributed by atoms with E-state index < -0.39 is 5.76 Å². The third kappa shape index (κ3) is 3.44. The van der Waals surface area contributed by atoms with Crippen LogP contribution in [0, 0.1) is 26.6 Å². The predicted molar refractivity (Wildman–Crippen MR) is 106 cm³/mol. The third-order valence-corrected chi connectivity index (χ3v) is 4.51. The van der Waals surface area contributed by atoms with Crippen LogP contribution in [0.25, 0.3) is 11.1 Å². The van der Waals surface area contributed by atoms with Gasteiger partial charge >= 0.3 is 5.76 Å². The van der Waals surface area contributed by atoms with Gasteiger partial charge in [0, 0.05) is 23.1 Å². The molecule has 0 amide bonds. The highest BCUT2D eigenvalue weighted by Gasteiger charge is 2.09. The van der Waals surface area contributed by atoms with Crippen LogP contribution >= 0.6 is 0 Å². The van der Waals surface area contributed by atoms with Crippen LogP contribution in [0.4, 0.5) is 27.5 Å². The van der Waals surface area contributed by atoms with Crippen LogP contribution in [0.15, 0.2) is 45.7 Å². The number of H-pyrrole nitrogens is 1. The number of nitrogens with one attached hydrogen (secondary N) is 3. The average molecular weight is 379 g/mol. The molecule has 0 aliphatic rings. The molecule has 0 aliphatic carbocycles. The molecule has 0 bridgehead atoms. The Labute approximate surface area is 159 Å². The number of benzene rings is 2. The van der Waals surface area contributed by atoms with Gasteiger partial charge in [0.05, 0.1) is 5.52 Å². The fourth-order valence-electron chi connectivity index (χ4n) is 2.81. The molecule has 4 rings (SSSR count). The standard InChI is InChI=1S/C20H18FN5O2/c1-10-6-14(7-15(21)12(10)3)24-19-22-9-11(2)18(26-19)23-13-4-5-17-16(8-13)25-20(27)28-17/h4-9H,1-3H3,(H,25,27)(H2,22,23,24,26). The summed E-state index contributed by atoms with van der Waals surface area (Å²) in [6.07, 6.45) is 1.67. The second kappa shape index (κ2) is 6.80. The minimum absolute atomic E-state index is 0.282. The van der Waals surface area contributed by atoms with Crippen LogP contribution in [-0.4, -0.2) is 15.0 Å². The van der Waals surface area contributed by atoms with Gasteiger partial charge in [-0.15, -0.1) is 0 Å². The molecule has 2 aromatic carbocycles. The van der Waals surface area contributed by atoms with Gasteiger partial charge in [0.2, 0.25) is 5.95 Å². The number of aromatic nitrogens is 3. The Morgan fingerprint density at radius 2 is 1.86 bits per heavy atom. The lowest BCUT2D eigenvalue weighted by Crippen LogP contribution is -2.03. The Bertz CT molecular complexity index is 1220. The third-order valence-electron chi connectivity index (χ3n) is 4.51. The van der Waals surface area contributed by atoms with Crippen molar-refractivity contribution in [1.29, 1.82) is 0 Å². The zero-order valence-corrected chi connectivity index (χ0v) is 15.6. The highest BCUT2D eigenvalue weighted by molar-refractivity contribution is 5.78. The van der Waals surface area contributed by atoms with E-state index in [1.165, 1.54) is 6.07 Å². The molecule has 0 saturated carbocycles. The number of hydrogen-bond acceptors (Lipinski definition) is 6. The maximum Gasteiger partial charge on any atom is 0.417 e. The van der Waals surface area contributed by atoms with E-state index in [-0.39, 0.29) is 5.82 Å². The molecule has 0 atom stereocenters. The summed E-state index contributed by atoms with van der Waals surface area (Å²) in [6.45, 7) is 5.46. The molecule has 3 N–H and O–H groups in total. The van der Waals surface area contributed by atoms with Crippen LogP contribution in [-0.2, 0) is 0 Å². The lowest BCUT2D eigenvalue weighted by Gasteiger charge is -2.12. The van der Waals surface area contributed by atoms with E-state index in [0.29, 0.717) is 34.1 Å². The molecule has 28 heavy (non-hydrogen) atoms. The number of oxazole rings is 1. The smallest absolute Gasteiger partial charge is 0.408 e. The number of aromatic amines is 1. The van der Waals surface area contributed by atoms with Gasteiger partial charge in [0.15, 0.2) is 5.58 Å². The molecule has 8 heteroatoms. The second-order valence-corrected chi connectivity index (χ2v) is 6.60. The molecule has 7 nitrogen and oxygen atoms in total. The first-order valence-corrected chi connectivity index (χ1v) is 8.66. The topological polar surface area (TPSA) is 95.8 Å². The Morgan fingerprint density at radius 1 is 1.04 bits per heavy atom. The summed E-state index contributed by atoms with van der Waals surface area (Å²) in [4.78, 5) is 22.7. The monoisotopic (exact) mass is 379 g/mol. The Balaban J connectivity index is 1.62. The molecule has 2 aromatic heterocycles. The SMILES string of the molecule is Cc1cnc(Nc2cc(C)c(C)c(F)c2)nc1Nc1ccc2oc(=O)[nH]c2c1. The largest absolute Gasteiger partial charge is 0.417 e. The maximum atomic E-state index is 14.0. The van der Waals surface area contributed by atoms with Gasteiger partial charge in [-0.25, -0.2) is 14.2 Å². The van der Waals surface area contributed by atoms with Crippen molar-refractivity contribution in [2.24, 2.45) is 0 Å². The van der Waals surface area contributed by atoms with E-state index in [1.54, 1.807) is 31.3 Å². The maximum absolute atomic E-state index is 14.0. The van der Waals surface area contributed by atoms with Gasteiger partial charge in [-0.3, -0.25) is 4.98 Å². The van der Waals surface area contributed by atoms with Crippen molar-refractivity contribution in [3.8, 4) is 0 Å². The Hall–Kier alpha value is -3.68. The minimum atomic E-state index is -0.502. The van der Waals surface area contributed by atoms with E-state index in [2.05, 4.69) is 25.6 Å². The zero-order valence-electron chi connectivity index (χ0n) is 15.6. The summed E-state index contributed by atoms with van der Waals surface area (Å²) < 4.78 is 19.0. The van der Waals surface area contributed by atoms with E-state index >= 15 is 0 Å². The first-order chi connectivity index (χ1) is 13.4. The molecule has 0 unspecified atom stereocenters. The van der Waals surface area contributed by atoms with Gasteiger partial charge < -0.3 is 15.1 Å². The number of halogens is 1. The van der Waals surface area contributed by atoms with Crippen molar-refractivity contribution in [1.82, 2.24) is 15.0 Å². The number of hydrogen-bond donors (Lipinski definition) is 3. The molecule has 142 valence electrons. The highest BCUT2D eigenvalue weighted by atomic mass is 19.1. The van der Waals surface area contributed by atoms with E-state index in [4.69, 9.17) is 4.42 Å². The van der Waals surface area contributed by atoms with Crippen molar-refractivity contribution in [3.63, 3.8) is 0 Å². The highest BCUT2D eigenvalue weighted by Crippen LogP contribution is 2.24. The van der Waals surface area contributed by atoms with Gasteiger partial charge in [-0.2, -0.15) is 4.98 Å². The van der Waals surface area contributed by atoms with E-state index in [0.717, 1.165) is 16.8 Å². The molecule has 0 saturated heterocycles. The van der Waals surface area contributed by atoms with Crippen molar-refractivity contribution in [2.75, 3.05) is 10.6 Å². The first-order valence-electron chi connectivity index (χ1n) is 8.66. The van der Waals surface area contributed by atoms with Crippen molar-refractivity contribution in [2.45, 2.75) is 20.8 Å². The molecule has 4 aromatic rings. The second-order valence-electron chi connectivity index (χ2n) is 6.60. The van der Waals surface area contributed by atoms with Crippen LogP contribution in [0.5, 0.6) is 0 Å². The number of nitrogens with zero attached hydrogens (tertiary/aromatic N) is 2. The number of aryl methyl sites for hydroxylation is 2.